The minimum atomic E-state index is 0.350. The van der Waals surface area contributed by atoms with Crippen LogP contribution >= 0.6 is 0 Å². The Kier molecular flexibility index (Phi) is 3.89. The smallest absolute Gasteiger partial charge is 0.231 e. The third-order valence-corrected chi connectivity index (χ3v) is 3.34. The van der Waals surface area contributed by atoms with E-state index in [1.807, 2.05) is 13.1 Å². The van der Waals surface area contributed by atoms with Gasteiger partial charge in [-0.2, -0.15) is 0 Å². The maximum atomic E-state index is 5.40. The molecule has 3 heteroatoms. The van der Waals surface area contributed by atoms with Crippen molar-refractivity contribution in [1.29, 1.82) is 0 Å². The first-order valence-electron chi connectivity index (χ1n) is 6.24. The molecule has 3 nitrogen and oxygen atoms in total. The summed E-state index contributed by atoms with van der Waals surface area (Å²) in [5.74, 6) is 3.08. The van der Waals surface area contributed by atoms with Crippen LogP contribution in [0.1, 0.15) is 19.4 Å². The van der Waals surface area contributed by atoms with E-state index < -0.39 is 0 Å². The number of hydrogen-bond donors (Lipinski definition) is 1. The summed E-state index contributed by atoms with van der Waals surface area (Å²) in [5, 5.41) is 3.27. The molecule has 1 unspecified atom stereocenters. The maximum Gasteiger partial charge on any atom is 0.231 e. The molecule has 1 heterocycles. The summed E-state index contributed by atoms with van der Waals surface area (Å²) in [7, 11) is 2.01. The zero-order valence-electron chi connectivity index (χ0n) is 10.8. The molecule has 0 aromatic heterocycles. The third kappa shape index (κ3) is 2.91. The number of fused-ring (bicyclic) bond motifs is 1. The van der Waals surface area contributed by atoms with Gasteiger partial charge in [0, 0.05) is 0 Å². The highest BCUT2D eigenvalue weighted by Gasteiger charge is 2.17. The average Bonchev–Trinajstić information content (AvgIpc) is 2.75. The van der Waals surface area contributed by atoms with E-state index in [0.29, 0.717) is 18.6 Å². The molecule has 17 heavy (non-hydrogen) atoms. The topological polar surface area (TPSA) is 30.5 Å². The summed E-state index contributed by atoms with van der Waals surface area (Å²) in [6.07, 6.45) is 1.08. The average molecular weight is 235 g/mol. The Morgan fingerprint density at radius 1 is 1.24 bits per heavy atom. The number of benzene rings is 1. The van der Waals surface area contributed by atoms with Gasteiger partial charge in [-0.05, 0) is 49.5 Å². The van der Waals surface area contributed by atoms with Gasteiger partial charge in [-0.3, -0.25) is 0 Å². The molecule has 1 aliphatic rings. The van der Waals surface area contributed by atoms with Crippen LogP contribution in [0.3, 0.4) is 0 Å². The molecule has 1 aliphatic heterocycles. The Morgan fingerprint density at radius 3 is 2.71 bits per heavy atom. The number of ether oxygens (including phenoxy) is 2. The van der Waals surface area contributed by atoms with E-state index in [1.165, 1.54) is 5.56 Å². The van der Waals surface area contributed by atoms with Crippen molar-refractivity contribution in [2.45, 2.75) is 20.3 Å². The fraction of sp³-hybridized carbons (Fsp3) is 0.571. The van der Waals surface area contributed by atoms with Crippen molar-refractivity contribution in [2.24, 2.45) is 11.8 Å². The van der Waals surface area contributed by atoms with Crippen molar-refractivity contribution in [3.05, 3.63) is 23.8 Å². The Hall–Kier alpha value is -1.22. The number of hydrogen-bond acceptors (Lipinski definition) is 3. The SMILES string of the molecule is CNCC(Cc1ccc2c(c1)OCO2)C(C)C. The van der Waals surface area contributed by atoms with Crippen LogP contribution in [0.4, 0.5) is 0 Å². The highest BCUT2D eigenvalue weighted by atomic mass is 16.7. The van der Waals surface area contributed by atoms with Crippen LogP contribution in [0.5, 0.6) is 11.5 Å². The predicted octanol–water partition coefficient (Wildman–Crippen LogP) is 2.45. The predicted molar refractivity (Wildman–Crippen MR) is 68.5 cm³/mol. The Labute approximate surface area is 103 Å². The molecule has 1 atom stereocenters. The van der Waals surface area contributed by atoms with E-state index in [2.05, 4.69) is 31.3 Å². The van der Waals surface area contributed by atoms with Gasteiger partial charge in [-0.1, -0.05) is 19.9 Å². The number of nitrogens with one attached hydrogen (secondary N) is 1. The lowest BCUT2D eigenvalue weighted by molar-refractivity contribution is 0.174. The lowest BCUT2D eigenvalue weighted by Crippen LogP contribution is -2.25. The van der Waals surface area contributed by atoms with E-state index in [9.17, 15) is 0 Å². The molecular weight excluding hydrogens is 214 g/mol. The molecule has 2 rings (SSSR count). The van der Waals surface area contributed by atoms with Crippen molar-refractivity contribution >= 4 is 0 Å². The summed E-state index contributed by atoms with van der Waals surface area (Å²) in [5.41, 5.74) is 1.32. The second kappa shape index (κ2) is 5.41. The van der Waals surface area contributed by atoms with Gasteiger partial charge >= 0.3 is 0 Å². The van der Waals surface area contributed by atoms with Crippen molar-refractivity contribution < 1.29 is 9.47 Å². The summed E-state index contributed by atoms with van der Waals surface area (Å²) >= 11 is 0. The van der Waals surface area contributed by atoms with Gasteiger partial charge in [0.15, 0.2) is 11.5 Å². The molecule has 0 aliphatic carbocycles. The summed E-state index contributed by atoms with van der Waals surface area (Å²) in [4.78, 5) is 0. The van der Waals surface area contributed by atoms with Crippen LogP contribution in [0.25, 0.3) is 0 Å². The molecule has 0 saturated heterocycles. The zero-order valence-corrected chi connectivity index (χ0v) is 10.8. The van der Waals surface area contributed by atoms with Gasteiger partial charge in [-0.15, -0.1) is 0 Å². The second-order valence-corrected chi connectivity index (χ2v) is 4.95. The van der Waals surface area contributed by atoms with Crippen LogP contribution in [0, 0.1) is 11.8 Å². The van der Waals surface area contributed by atoms with Crippen LogP contribution in [-0.4, -0.2) is 20.4 Å². The van der Waals surface area contributed by atoms with E-state index in [1.54, 1.807) is 0 Å². The van der Waals surface area contributed by atoms with E-state index >= 15 is 0 Å². The molecule has 0 spiro atoms. The molecule has 1 N–H and O–H groups in total. The van der Waals surface area contributed by atoms with E-state index in [-0.39, 0.29) is 0 Å². The molecule has 1 aromatic carbocycles. The molecule has 0 radical (unpaired) electrons. The molecule has 94 valence electrons. The standard InChI is InChI=1S/C14H21NO2/c1-10(2)12(8-15-3)6-11-4-5-13-14(7-11)17-9-16-13/h4-5,7,10,12,15H,6,8-9H2,1-3H3. The molecular formula is C14H21NO2. The second-order valence-electron chi connectivity index (χ2n) is 4.95. The molecule has 0 fully saturated rings. The fourth-order valence-electron chi connectivity index (χ4n) is 2.18. The summed E-state index contributed by atoms with van der Waals surface area (Å²) in [6, 6.07) is 6.25. The van der Waals surface area contributed by atoms with Gasteiger partial charge < -0.3 is 14.8 Å². The summed E-state index contributed by atoms with van der Waals surface area (Å²) < 4.78 is 10.7. The minimum Gasteiger partial charge on any atom is -0.454 e. The molecule has 0 amide bonds. The lowest BCUT2D eigenvalue weighted by atomic mass is 9.89. The highest BCUT2D eigenvalue weighted by Crippen LogP contribution is 2.33. The third-order valence-electron chi connectivity index (χ3n) is 3.34. The van der Waals surface area contributed by atoms with E-state index in [0.717, 1.165) is 24.5 Å². The van der Waals surface area contributed by atoms with Crippen LogP contribution in [0.15, 0.2) is 18.2 Å². The van der Waals surface area contributed by atoms with Crippen molar-refractivity contribution in [1.82, 2.24) is 5.32 Å². The Morgan fingerprint density at radius 2 is 2.00 bits per heavy atom. The minimum absolute atomic E-state index is 0.350. The van der Waals surface area contributed by atoms with Gasteiger partial charge in [0.05, 0.1) is 0 Å². The first-order chi connectivity index (χ1) is 8.20. The molecule has 0 saturated carbocycles. The quantitative estimate of drug-likeness (QED) is 0.850. The van der Waals surface area contributed by atoms with Crippen LogP contribution < -0.4 is 14.8 Å². The maximum absolute atomic E-state index is 5.40. The van der Waals surface area contributed by atoms with Crippen LogP contribution in [-0.2, 0) is 6.42 Å². The first-order valence-corrected chi connectivity index (χ1v) is 6.24. The van der Waals surface area contributed by atoms with Gasteiger partial charge in [0.1, 0.15) is 0 Å². The zero-order chi connectivity index (χ0) is 12.3. The van der Waals surface area contributed by atoms with E-state index in [4.69, 9.17) is 9.47 Å². The Balaban J connectivity index is 2.07. The summed E-state index contributed by atoms with van der Waals surface area (Å²) in [6.45, 7) is 5.94. The monoisotopic (exact) mass is 235 g/mol. The van der Waals surface area contributed by atoms with Crippen molar-refractivity contribution in [3.8, 4) is 11.5 Å². The van der Waals surface area contributed by atoms with Gasteiger partial charge in [-0.25, -0.2) is 0 Å². The van der Waals surface area contributed by atoms with Gasteiger partial charge in [0.2, 0.25) is 6.79 Å². The largest absolute Gasteiger partial charge is 0.454 e. The lowest BCUT2D eigenvalue weighted by Gasteiger charge is -2.20. The highest BCUT2D eigenvalue weighted by molar-refractivity contribution is 5.44. The fourth-order valence-corrected chi connectivity index (χ4v) is 2.18. The normalized spacial score (nSPS) is 15.3. The van der Waals surface area contributed by atoms with Crippen molar-refractivity contribution in [3.63, 3.8) is 0 Å². The van der Waals surface area contributed by atoms with Crippen LogP contribution in [0.2, 0.25) is 0 Å². The number of rotatable bonds is 5. The molecule has 0 bridgehead atoms. The van der Waals surface area contributed by atoms with Crippen molar-refractivity contribution in [2.75, 3.05) is 20.4 Å². The Bertz CT molecular complexity index is 376. The first kappa shape index (κ1) is 12.2. The molecule has 1 aromatic rings. The van der Waals surface area contributed by atoms with Gasteiger partial charge in [0.25, 0.3) is 0 Å².